The van der Waals surface area contributed by atoms with Crippen LogP contribution in [0.3, 0.4) is 0 Å². The van der Waals surface area contributed by atoms with Crippen LogP contribution >= 0.6 is 11.6 Å². The molecule has 1 unspecified atom stereocenters. The number of hydrogen-bond acceptors (Lipinski definition) is 3. The number of pyridine rings is 1. The van der Waals surface area contributed by atoms with Gasteiger partial charge in [0.05, 0.1) is 11.9 Å². The lowest BCUT2D eigenvalue weighted by molar-refractivity contribution is 0.0934. The topological polar surface area (TPSA) is 54.0 Å². The minimum absolute atomic E-state index is 0.142. The van der Waals surface area contributed by atoms with E-state index >= 15 is 0 Å². The Bertz CT molecular complexity index is 655. The van der Waals surface area contributed by atoms with Crippen LogP contribution in [0.2, 0.25) is 5.02 Å². The number of aryl methyl sites for hydroxylation is 1. The Morgan fingerprint density at radius 3 is 2.68 bits per heavy atom. The monoisotopic (exact) mass is 317 g/mol. The maximum atomic E-state index is 12.0. The highest BCUT2D eigenvalue weighted by atomic mass is 35.5. The lowest BCUT2D eigenvalue weighted by Gasteiger charge is -2.12. The average Bonchev–Trinajstić information content (AvgIpc) is 2.50. The van der Waals surface area contributed by atoms with Gasteiger partial charge >= 0.3 is 0 Å². The molecule has 0 radical (unpaired) electrons. The number of benzene rings is 1. The van der Waals surface area contributed by atoms with Crippen LogP contribution in [0, 0.1) is 6.92 Å². The summed E-state index contributed by atoms with van der Waals surface area (Å²) in [6.45, 7) is 5.98. The van der Waals surface area contributed by atoms with E-state index in [0.717, 1.165) is 23.4 Å². The second kappa shape index (κ2) is 7.27. The Hall–Kier alpha value is -2.07. The van der Waals surface area contributed by atoms with E-state index in [2.05, 4.69) is 15.6 Å². The number of halogens is 1. The number of carbonyl (C=O) groups is 1. The summed E-state index contributed by atoms with van der Waals surface area (Å²) in [5.74, 6) is -0.149. The van der Waals surface area contributed by atoms with Gasteiger partial charge in [0, 0.05) is 16.8 Å². The fraction of sp³-hybridized carbons (Fsp3) is 0.294. The first-order valence-electron chi connectivity index (χ1n) is 7.29. The van der Waals surface area contributed by atoms with Crippen molar-refractivity contribution in [2.45, 2.75) is 33.2 Å². The molecule has 22 heavy (non-hydrogen) atoms. The molecule has 116 valence electrons. The standard InChI is InChI=1S/C17H20ClN3O/c1-4-12(3)20-17(22)16-8-6-14(10-19-16)21-15-7-5-13(18)9-11(15)2/h5-10,12,21H,4H2,1-3H3,(H,20,22). The summed E-state index contributed by atoms with van der Waals surface area (Å²) in [6.07, 6.45) is 2.54. The summed E-state index contributed by atoms with van der Waals surface area (Å²) in [6, 6.07) is 9.34. The Kier molecular flexibility index (Phi) is 5.39. The smallest absolute Gasteiger partial charge is 0.270 e. The average molecular weight is 318 g/mol. The van der Waals surface area contributed by atoms with Gasteiger partial charge in [0.25, 0.3) is 5.91 Å². The van der Waals surface area contributed by atoms with E-state index in [1.54, 1.807) is 12.3 Å². The molecule has 2 N–H and O–H groups in total. The number of nitrogens with zero attached hydrogens (tertiary/aromatic N) is 1. The Labute approximate surface area is 135 Å². The third kappa shape index (κ3) is 4.21. The lowest BCUT2D eigenvalue weighted by atomic mass is 10.2. The van der Waals surface area contributed by atoms with Gasteiger partial charge in [-0.05, 0) is 56.2 Å². The predicted octanol–water partition coefficient (Wildman–Crippen LogP) is 4.32. The third-order valence-corrected chi connectivity index (χ3v) is 3.69. The number of nitrogens with one attached hydrogen (secondary N) is 2. The zero-order valence-corrected chi connectivity index (χ0v) is 13.7. The lowest BCUT2D eigenvalue weighted by Crippen LogP contribution is -2.32. The van der Waals surface area contributed by atoms with Crippen molar-refractivity contribution >= 4 is 28.9 Å². The molecule has 1 heterocycles. The minimum atomic E-state index is -0.149. The predicted molar refractivity (Wildman–Crippen MR) is 90.9 cm³/mol. The summed E-state index contributed by atoms with van der Waals surface area (Å²) in [5.41, 5.74) is 3.25. The summed E-state index contributed by atoms with van der Waals surface area (Å²) in [4.78, 5) is 16.2. The second-order valence-electron chi connectivity index (χ2n) is 5.30. The second-order valence-corrected chi connectivity index (χ2v) is 5.74. The Balaban J connectivity index is 2.07. The first-order chi connectivity index (χ1) is 10.5. The molecule has 0 aliphatic carbocycles. The number of rotatable bonds is 5. The minimum Gasteiger partial charge on any atom is -0.354 e. The van der Waals surface area contributed by atoms with Crippen LogP contribution in [-0.4, -0.2) is 16.9 Å². The fourth-order valence-electron chi connectivity index (χ4n) is 1.92. The van der Waals surface area contributed by atoms with Gasteiger partial charge in [-0.1, -0.05) is 18.5 Å². The van der Waals surface area contributed by atoms with Crippen LogP contribution in [0.4, 0.5) is 11.4 Å². The van der Waals surface area contributed by atoms with E-state index in [4.69, 9.17) is 11.6 Å². The molecule has 1 aromatic heterocycles. The van der Waals surface area contributed by atoms with Crippen LogP contribution in [0.1, 0.15) is 36.3 Å². The highest BCUT2D eigenvalue weighted by Gasteiger charge is 2.09. The molecule has 1 aromatic carbocycles. The number of anilines is 2. The molecular weight excluding hydrogens is 298 g/mol. The van der Waals surface area contributed by atoms with Gasteiger partial charge in [-0.3, -0.25) is 4.79 Å². The number of amides is 1. The molecule has 4 nitrogen and oxygen atoms in total. The van der Waals surface area contributed by atoms with E-state index in [1.165, 1.54) is 0 Å². The van der Waals surface area contributed by atoms with Crippen molar-refractivity contribution in [3.8, 4) is 0 Å². The SMILES string of the molecule is CCC(C)NC(=O)c1ccc(Nc2ccc(Cl)cc2C)cn1. The fourth-order valence-corrected chi connectivity index (χ4v) is 2.15. The van der Waals surface area contributed by atoms with Crippen LogP contribution in [0.5, 0.6) is 0 Å². The zero-order valence-electron chi connectivity index (χ0n) is 13.0. The number of aromatic nitrogens is 1. The molecule has 1 atom stereocenters. The molecule has 5 heteroatoms. The van der Waals surface area contributed by atoms with E-state index in [0.29, 0.717) is 10.7 Å². The van der Waals surface area contributed by atoms with Gasteiger partial charge in [-0.15, -0.1) is 0 Å². The van der Waals surface area contributed by atoms with Crippen molar-refractivity contribution in [2.24, 2.45) is 0 Å². The highest BCUT2D eigenvalue weighted by Crippen LogP contribution is 2.23. The van der Waals surface area contributed by atoms with Crippen molar-refractivity contribution in [1.29, 1.82) is 0 Å². The Morgan fingerprint density at radius 1 is 1.32 bits per heavy atom. The van der Waals surface area contributed by atoms with Gasteiger partial charge in [0.15, 0.2) is 0 Å². The largest absolute Gasteiger partial charge is 0.354 e. The maximum absolute atomic E-state index is 12.0. The molecule has 0 spiro atoms. The summed E-state index contributed by atoms with van der Waals surface area (Å²) >= 11 is 5.94. The zero-order chi connectivity index (χ0) is 16.1. The third-order valence-electron chi connectivity index (χ3n) is 3.45. The first kappa shape index (κ1) is 16.3. The summed E-state index contributed by atoms with van der Waals surface area (Å²) in [7, 11) is 0. The van der Waals surface area contributed by atoms with Crippen LogP contribution in [0.25, 0.3) is 0 Å². The van der Waals surface area contributed by atoms with Crippen molar-refractivity contribution in [2.75, 3.05) is 5.32 Å². The molecule has 2 rings (SSSR count). The van der Waals surface area contributed by atoms with Gasteiger partial charge in [0.2, 0.25) is 0 Å². The van der Waals surface area contributed by atoms with E-state index in [9.17, 15) is 4.79 Å². The van der Waals surface area contributed by atoms with Crippen LogP contribution in [0.15, 0.2) is 36.5 Å². The normalized spacial score (nSPS) is 11.8. The maximum Gasteiger partial charge on any atom is 0.270 e. The molecule has 0 aliphatic heterocycles. The number of hydrogen-bond donors (Lipinski definition) is 2. The molecule has 0 bridgehead atoms. The van der Waals surface area contributed by atoms with E-state index in [-0.39, 0.29) is 11.9 Å². The van der Waals surface area contributed by atoms with Gasteiger partial charge in [-0.2, -0.15) is 0 Å². The van der Waals surface area contributed by atoms with Crippen LogP contribution < -0.4 is 10.6 Å². The number of carbonyl (C=O) groups excluding carboxylic acids is 1. The molecule has 0 saturated carbocycles. The van der Waals surface area contributed by atoms with Gasteiger partial charge in [0.1, 0.15) is 5.69 Å². The Morgan fingerprint density at radius 2 is 2.09 bits per heavy atom. The van der Waals surface area contributed by atoms with E-state index in [1.807, 2.05) is 45.0 Å². The van der Waals surface area contributed by atoms with Crippen molar-refractivity contribution in [3.05, 3.63) is 52.8 Å². The quantitative estimate of drug-likeness (QED) is 0.863. The molecule has 1 amide bonds. The van der Waals surface area contributed by atoms with E-state index < -0.39 is 0 Å². The summed E-state index contributed by atoms with van der Waals surface area (Å²) in [5, 5.41) is 6.87. The van der Waals surface area contributed by atoms with Gasteiger partial charge < -0.3 is 10.6 Å². The molecule has 0 saturated heterocycles. The molecule has 0 fully saturated rings. The molecular formula is C17H20ClN3O. The first-order valence-corrected chi connectivity index (χ1v) is 7.67. The van der Waals surface area contributed by atoms with Crippen molar-refractivity contribution in [3.63, 3.8) is 0 Å². The molecule has 2 aromatic rings. The summed E-state index contributed by atoms with van der Waals surface area (Å²) < 4.78 is 0. The van der Waals surface area contributed by atoms with Crippen molar-refractivity contribution in [1.82, 2.24) is 10.3 Å². The molecule has 0 aliphatic rings. The van der Waals surface area contributed by atoms with Crippen molar-refractivity contribution < 1.29 is 4.79 Å². The van der Waals surface area contributed by atoms with Crippen LogP contribution in [-0.2, 0) is 0 Å². The highest BCUT2D eigenvalue weighted by molar-refractivity contribution is 6.30. The van der Waals surface area contributed by atoms with Gasteiger partial charge in [-0.25, -0.2) is 4.98 Å².